The fraction of sp³-hybridized carbons (Fsp3) is 0.457. The number of nitrogens with one attached hydrogen (secondary N) is 1. The van der Waals surface area contributed by atoms with Crippen LogP contribution in [0.5, 0.6) is 11.8 Å². The minimum absolute atomic E-state index is 0.0460. The van der Waals surface area contributed by atoms with E-state index in [1.165, 1.54) is 30.5 Å². The van der Waals surface area contributed by atoms with Crippen LogP contribution in [0.15, 0.2) is 30.5 Å². The molecular weight excluding hydrogens is 612 g/mol. The van der Waals surface area contributed by atoms with E-state index in [9.17, 15) is 18.3 Å². The Balaban J connectivity index is 1.16. The Morgan fingerprint density at radius 1 is 1.11 bits per heavy atom. The van der Waals surface area contributed by atoms with Crippen LogP contribution in [0.25, 0.3) is 32.9 Å². The van der Waals surface area contributed by atoms with Gasteiger partial charge in [0.2, 0.25) is 0 Å². The number of piperazine rings is 1. The highest BCUT2D eigenvalue weighted by molar-refractivity contribution is 6.03. The number of anilines is 1. The Morgan fingerprint density at radius 3 is 2.64 bits per heavy atom. The monoisotopic (exact) mass is 644 g/mol. The maximum atomic E-state index is 16.8. The number of nitrogens with zero attached hydrogens (tertiary/aromatic N) is 5. The first-order valence-electron chi connectivity index (χ1n) is 16.1. The molecule has 2 N–H and O–H groups in total. The number of rotatable bonds is 5. The number of halogens is 4. The molecule has 1 aliphatic carbocycles. The lowest BCUT2D eigenvalue weighted by atomic mass is 9.89. The number of alkyl halides is 2. The van der Waals surface area contributed by atoms with Crippen LogP contribution in [0, 0.1) is 29.4 Å². The van der Waals surface area contributed by atoms with Gasteiger partial charge in [0.15, 0.2) is 5.82 Å². The highest BCUT2D eigenvalue weighted by atomic mass is 19.3. The molecule has 4 aromatic rings. The van der Waals surface area contributed by atoms with Crippen LogP contribution in [0.1, 0.15) is 44.1 Å². The van der Waals surface area contributed by atoms with Gasteiger partial charge in [-0.05, 0) is 62.2 Å². The van der Waals surface area contributed by atoms with Crippen molar-refractivity contribution in [3.05, 3.63) is 47.7 Å². The summed E-state index contributed by atoms with van der Waals surface area (Å²) in [4.78, 5) is 18.1. The standard InChI is InChI=1S/C35H32F4N6O2/c1-2-23-26(36)7-4-19-10-22(46)11-24(27(19)23)29-28(37)30-25(12-40-29)31(44-13-20-5-6-21(14-44)41-20)43-32(42-30)47-18-34-8-3-9-45(34)17-33(15-34)16-35(33,38)39/h1,4,7,10-12,20-21,41,46H,3,5-6,8-9,13-18H2. The molecule has 5 aliphatic rings. The molecule has 5 fully saturated rings. The number of pyridine rings is 1. The fourth-order valence-corrected chi connectivity index (χ4v) is 8.89. The van der Waals surface area contributed by atoms with Crippen molar-refractivity contribution in [3.8, 4) is 35.4 Å². The first-order chi connectivity index (χ1) is 22.6. The van der Waals surface area contributed by atoms with Crippen molar-refractivity contribution in [2.45, 2.75) is 62.1 Å². The first-order valence-corrected chi connectivity index (χ1v) is 16.1. The van der Waals surface area contributed by atoms with Gasteiger partial charge in [-0.2, -0.15) is 9.97 Å². The topological polar surface area (TPSA) is 86.6 Å². The molecule has 9 rings (SSSR count). The number of aromatic nitrogens is 3. The Bertz CT molecular complexity index is 2020. The lowest BCUT2D eigenvalue weighted by molar-refractivity contribution is 0.0647. The van der Waals surface area contributed by atoms with Crippen molar-refractivity contribution in [1.82, 2.24) is 25.2 Å². The van der Waals surface area contributed by atoms with Gasteiger partial charge in [0.25, 0.3) is 5.92 Å². The maximum Gasteiger partial charge on any atom is 0.319 e. The SMILES string of the molecule is C#Cc1c(F)ccc2cc(O)cc(-c3ncc4c(N5CC6CCC(C5)N6)nc(OCC56CCCN5CC5(C6)CC5(F)F)nc4c3F)c12. The zero-order chi connectivity index (χ0) is 32.3. The minimum atomic E-state index is -2.66. The molecule has 4 aliphatic heterocycles. The number of aromatic hydroxyl groups is 1. The molecular formula is C35H32F4N6O2. The van der Waals surface area contributed by atoms with Gasteiger partial charge in [0.1, 0.15) is 35.2 Å². The molecule has 242 valence electrons. The van der Waals surface area contributed by atoms with Crippen molar-refractivity contribution in [1.29, 1.82) is 0 Å². The molecule has 1 saturated carbocycles. The van der Waals surface area contributed by atoms with Crippen molar-refractivity contribution in [2.75, 3.05) is 37.7 Å². The van der Waals surface area contributed by atoms with Crippen LogP contribution in [0.2, 0.25) is 0 Å². The number of phenolic OH excluding ortho intramolecular Hbond substituents is 1. The van der Waals surface area contributed by atoms with E-state index < -0.39 is 28.5 Å². The van der Waals surface area contributed by atoms with E-state index in [4.69, 9.17) is 16.1 Å². The zero-order valence-electron chi connectivity index (χ0n) is 25.5. The van der Waals surface area contributed by atoms with E-state index in [0.717, 1.165) is 32.2 Å². The number of hydrogen-bond donors (Lipinski definition) is 2. The fourth-order valence-electron chi connectivity index (χ4n) is 8.89. The van der Waals surface area contributed by atoms with E-state index in [1.54, 1.807) is 0 Å². The molecule has 0 amide bonds. The summed E-state index contributed by atoms with van der Waals surface area (Å²) in [5.41, 5.74) is -1.71. The molecule has 4 saturated heterocycles. The van der Waals surface area contributed by atoms with Crippen LogP contribution in [0.3, 0.4) is 0 Å². The van der Waals surface area contributed by atoms with E-state index in [1.807, 2.05) is 0 Å². The predicted molar refractivity (Wildman–Crippen MR) is 168 cm³/mol. The largest absolute Gasteiger partial charge is 0.508 e. The summed E-state index contributed by atoms with van der Waals surface area (Å²) < 4.78 is 66.9. The molecule has 2 aromatic carbocycles. The van der Waals surface area contributed by atoms with Gasteiger partial charge in [-0.1, -0.05) is 12.0 Å². The molecule has 0 radical (unpaired) electrons. The van der Waals surface area contributed by atoms with Crippen molar-refractivity contribution >= 4 is 27.5 Å². The van der Waals surface area contributed by atoms with Crippen LogP contribution in [-0.2, 0) is 0 Å². The number of ether oxygens (including phenoxy) is 1. The average molecular weight is 645 g/mol. The van der Waals surface area contributed by atoms with Crippen molar-refractivity contribution in [3.63, 3.8) is 0 Å². The van der Waals surface area contributed by atoms with Crippen LogP contribution in [0.4, 0.5) is 23.4 Å². The third-order valence-electron chi connectivity index (χ3n) is 11.2. The summed E-state index contributed by atoms with van der Waals surface area (Å²) in [5.74, 6) is -1.44. The first kappa shape index (κ1) is 29.0. The normalized spacial score (nSPS) is 29.1. The second-order valence-corrected chi connectivity index (χ2v) is 14.1. The number of phenols is 1. The van der Waals surface area contributed by atoms with Crippen molar-refractivity contribution in [2.24, 2.45) is 5.41 Å². The molecule has 6 heterocycles. The summed E-state index contributed by atoms with van der Waals surface area (Å²) in [6.45, 7) is 2.50. The summed E-state index contributed by atoms with van der Waals surface area (Å²) in [6, 6.07) is 5.89. The third kappa shape index (κ3) is 4.32. The van der Waals surface area contributed by atoms with Gasteiger partial charge in [0.05, 0.1) is 21.9 Å². The van der Waals surface area contributed by atoms with Crippen LogP contribution < -0.4 is 15.0 Å². The summed E-state index contributed by atoms with van der Waals surface area (Å²) in [6.07, 6.45) is 11.1. The Morgan fingerprint density at radius 2 is 1.89 bits per heavy atom. The van der Waals surface area contributed by atoms with E-state index >= 15 is 4.39 Å². The summed E-state index contributed by atoms with van der Waals surface area (Å²) in [5, 5.41) is 15.2. The van der Waals surface area contributed by atoms with Crippen molar-refractivity contribution < 1.29 is 27.4 Å². The number of terminal acetylenes is 1. The smallest absolute Gasteiger partial charge is 0.319 e. The Hall–Kier alpha value is -4.21. The van der Waals surface area contributed by atoms with Gasteiger partial charge in [-0.15, -0.1) is 6.42 Å². The molecule has 1 spiro atoms. The molecule has 4 unspecified atom stereocenters. The Kier molecular flexibility index (Phi) is 6.10. The van der Waals surface area contributed by atoms with Gasteiger partial charge in [0, 0.05) is 55.3 Å². The molecule has 12 heteroatoms. The van der Waals surface area contributed by atoms with Gasteiger partial charge in [-0.25, -0.2) is 17.6 Å². The quantitative estimate of drug-likeness (QED) is 0.221. The van der Waals surface area contributed by atoms with E-state index in [2.05, 4.69) is 31.0 Å². The molecule has 2 bridgehead atoms. The van der Waals surface area contributed by atoms with E-state index in [-0.39, 0.29) is 64.6 Å². The predicted octanol–water partition coefficient (Wildman–Crippen LogP) is 5.39. The maximum absolute atomic E-state index is 16.8. The third-order valence-corrected chi connectivity index (χ3v) is 11.2. The lowest BCUT2D eigenvalue weighted by Gasteiger charge is -2.34. The number of fused-ring (bicyclic) bond motifs is 5. The zero-order valence-corrected chi connectivity index (χ0v) is 25.5. The summed E-state index contributed by atoms with van der Waals surface area (Å²) in [7, 11) is 0. The van der Waals surface area contributed by atoms with Gasteiger partial charge < -0.3 is 20.1 Å². The minimum Gasteiger partial charge on any atom is -0.508 e. The highest BCUT2D eigenvalue weighted by Gasteiger charge is 2.77. The van der Waals surface area contributed by atoms with Crippen LogP contribution in [-0.4, -0.2) is 81.3 Å². The lowest BCUT2D eigenvalue weighted by Crippen LogP contribution is -2.51. The Labute approximate surface area is 268 Å². The highest BCUT2D eigenvalue weighted by Crippen LogP contribution is 2.69. The number of benzene rings is 2. The molecule has 47 heavy (non-hydrogen) atoms. The number of hydrogen-bond acceptors (Lipinski definition) is 8. The molecule has 8 nitrogen and oxygen atoms in total. The van der Waals surface area contributed by atoms with E-state index in [0.29, 0.717) is 42.6 Å². The molecule has 4 atom stereocenters. The summed E-state index contributed by atoms with van der Waals surface area (Å²) >= 11 is 0. The van der Waals surface area contributed by atoms with Gasteiger partial charge in [-0.3, -0.25) is 9.88 Å². The second-order valence-electron chi connectivity index (χ2n) is 14.1. The van der Waals surface area contributed by atoms with Gasteiger partial charge >= 0.3 is 6.01 Å². The van der Waals surface area contributed by atoms with Crippen LogP contribution >= 0.6 is 0 Å². The average Bonchev–Trinajstić information content (AvgIpc) is 3.37. The molecule has 2 aromatic heterocycles. The second kappa shape index (κ2) is 9.90.